The first-order chi connectivity index (χ1) is 7.60. The third-order valence-electron chi connectivity index (χ3n) is 3.27. The molecule has 0 aromatic carbocycles. The van der Waals surface area contributed by atoms with Gasteiger partial charge in [0.2, 0.25) is 10.0 Å². The van der Waals surface area contributed by atoms with Crippen molar-refractivity contribution < 1.29 is 13.2 Å². The van der Waals surface area contributed by atoms with Crippen LogP contribution in [-0.4, -0.2) is 56.9 Å². The second kappa shape index (κ2) is 5.00. The second-order valence-corrected chi connectivity index (χ2v) is 6.90. The zero-order valence-corrected chi connectivity index (χ0v) is 10.5. The number of nitrogens with one attached hydrogen (secondary N) is 1. The summed E-state index contributed by atoms with van der Waals surface area (Å²) in [6, 6.07) is 0. The van der Waals surface area contributed by atoms with Crippen molar-refractivity contribution in [2.45, 2.75) is 31.1 Å². The van der Waals surface area contributed by atoms with Crippen LogP contribution in [0.2, 0.25) is 0 Å². The van der Waals surface area contributed by atoms with Gasteiger partial charge in [-0.2, -0.15) is 4.31 Å². The van der Waals surface area contributed by atoms with Gasteiger partial charge in [-0.25, -0.2) is 8.42 Å². The van der Waals surface area contributed by atoms with Crippen LogP contribution in [-0.2, 0) is 14.8 Å². The lowest BCUT2D eigenvalue weighted by Gasteiger charge is -2.24. The lowest BCUT2D eigenvalue weighted by molar-refractivity contribution is 0.0942. The van der Waals surface area contributed by atoms with Gasteiger partial charge in [-0.1, -0.05) is 0 Å². The molecular weight excluding hydrogens is 228 g/mol. The fourth-order valence-electron chi connectivity index (χ4n) is 2.21. The molecule has 2 fully saturated rings. The molecule has 5 nitrogen and oxygen atoms in total. The molecule has 2 saturated heterocycles. The summed E-state index contributed by atoms with van der Waals surface area (Å²) in [7, 11) is -3.14. The number of rotatable bonds is 2. The van der Waals surface area contributed by atoms with Gasteiger partial charge in [0.15, 0.2) is 0 Å². The molecule has 0 amide bonds. The van der Waals surface area contributed by atoms with Crippen LogP contribution in [0.15, 0.2) is 0 Å². The first kappa shape index (κ1) is 12.3. The molecular formula is C10H20N2O3S. The van der Waals surface area contributed by atoms with E-state index in [4.69, 9.17) is 4.74 Å². The highest BCUT2D eigenvalue weighted by Crippen LogP contribution is 2.17. The van der Waals surface area contributed by atoms with Crippen molar-refractivity contribution in [1.82, 2.24) is 9.62 Å². The van der Waals surface area contributed by atoms with E-state index in [-0.39, 0.29) is 11.4 Å². The number of sulfonamides is 1. The molecule has 2 rings (SSSR count). The van der Waals surface area contributed by atoms with E-state index >= 15 is 0 Å². The largest absolute Gasteiger partial charge is 0.377 e. The van der Waals surface area contributed by atoms with Crippen molar-refractivity contribution >= 4 is 10.0 Å². The van der Waals surface area contributed by atoms with E-state index in [1.807, 2.05) is 0 Å². The molecule has 2 heterocycles. The van der Waals surface area contributed by atoms with Crippen LogP contribution in [0.3, 0.4) is 0 Å². The molecule has 0 spiro atoms. The summed E-state index contributed by atoms with van der Waals surface area (Å²) in [6.07, 6.45) is 2.13. The van der Waals surface area contributed by atoms with Gasteiger partial charge < -0.3 is 10.1 Å². The van der Waals surface area contributed by atoms with Crippen molar-refractivity contribution in [3.8, 4) is 0 Å². The lowest BCUT2D eigenvalue weighted by Crippen LogP contribution is -2.42. The summed E-state index contributed by atoms with van der Waals surface area (Å²) in [5.74, 6) is 0. The molecule has 0 aromatic heterocycles. The van der Waals surface area contributed by atoms with Crippen LogP contribution in [0.4, 0.5) is 0 Å². The smallest absolute Gasteiger partial charge is 0.218 e. The third-order valence-corrected chi connectivity index (χ3v) is 5.50. The van der Waals surface area contributed by atoms with Gasteiger partial charge in [0.25, 0.3) is 0 Å². The van der Waals surface area contributed by atoms with E-state index in [2.05, 4.69) is 5.32 Å². The Morgan fingerprint density at radius 1 is 1.50 bits per heavy atom. The molecule has 16 heavy (non-hydrogen) atoms. The fraction of sp³-hybridized carbons (Fsp3) is 1.00. The quantitative estimate of drug-likeness (QED) is 0.734. The highest BCUT2D eigenvalue weighted by Gasteiger charge is 2.33. The molecule has 1 N–H and O–H groups in total. The van der Waals surface area contributed by atoms with Gasteiger partial charge in [-0.15, -0.1) is 0 Å². The molecule has 2 atom stereocenters. The number of hydrogen-bond acceptors (Lipinski definition) is 4. The Morgan fingerprint density at radius 2 is 2.31 bits per heavy atom. The number of nitrogens with zero attached hydrogens (tertiary/aromatic N) is 1. The molecule has 0 saturated carbocycles. The predicted molar refractivity (Wildman–Crippen MR) is 61.8 cm³/mol. The van der Waals surface area contributed by atoms with Gasteiger partial charge >= 0.3 is 0 Å². The molecule has 6 heteroatoms. The minimum absolute atomic E-state index is 0.0973. The van der Waals surface area contributed by atoms with Crippen molar-refractivity contribution in [3.63, 3.8) is 0 Å². The Kier molecular flexibility index (Phi) is 3.84. The summed E-state index contributed by atoms with van der Waals surface area (Å²) in [5.41, 5.74) is 0. The van der Waals surface area contributed by atoms with Crippen LogP contribution >= 0.6 is 0 Å². The summed E-state index contributed by atoms with van der Waals surface area (Å²) in [6.45, 7) is 4.89. The van der Waals surface area contributed by atoms with Crippen LogP contribution < -0.4 is 5.32 Å². The normalized spacial score (nSPS) is 36.1. The number of hydrogen-bond donors (Lipinski definition) is 1. The minimum Gasteiger partial charge on any atom is -0.377 e. The standard InChI is InChI=1S/C10H20N2O3S/c1-9-7-11-4-5-12(16(9,13)14)8-10-3-2-6-15-10/h9-11H,2-8H2,1H3. The van der Waals surface area contributed by atoms with Crippen LogP contribution in [0.1, 0.15) is 19.8 Å². The average Bonchev–Trinajstić information content (AvgIpc) is 2.70. The van der Waals surface area contributed by atoms with Crippen molar-refractivity contribution in [2.24, 2.45) is 0 Å². The van der Waals surface area contributed by atoms with Crippen molar-refractivity contribution in [1.29, 1.82) is 0 Å². The van der Waals surface area contributed by atoms with Gasteiger partial charge in [-0.3, -0.25) is 0 Å². The second-order valence-electron chi connectivity index (χ2n) is 4.55. The van der Waals surface area contributed by atoms with Crippen molar-refractivity contribution in [2.75, 3.05) is 32.8 Å². The highest BCUT2D eigenvalue weighted by atomic mass is 32.2. The Hall–Kier alpha value is -0.170. The fourth-order valence-corrected chi connectivity index (χ4v) is 3.76. The molecule has 0 aliphatic carbocycles. The Morgan fingerprint density at radius 3 is 3.00 bits per heavy atom. The molecule has 0 aromatic rings. The molecule has 2 aliphatic heterocycles. The van der Waals surface area contributed by atoms with Crippen LogP contribution in [0.5, 0.6) is 0 Å². The molecule has 94 valence electrons. The molecule has 2 aliphatic rings. The van der Waals surface area contributed by atoms with E-state index in [9.17, 15) is 8.42 Å². The molecule has 0 bridgehead atoms. The summed E-state index contributed by atoms with van der Waals surface area (Å²) in [5, 5.41) is 2.81. The maximum absolute atomic E-state index is 12.2. The first-order valence-electron chi connectivity index (χ1n) is 5.92. The minimum atomic E-state index is -3.14. The summed E-state index contributed by atoms with van der Waals surface area (Å²) >= 11 is 0. The van der Waals surface area contributed by atoms with Crippen molar-refractivity contribution in [3.05, 3.63) is 0 Å². The van der Waals surface area contributed by atoms with E-state index in [1.54, 1.807) is 11.2 Å². The molecule has 2 unspecified atom stereocenters. The van der Waals surface area contributed by atoms with E-state index in [0.717, 1.165) is 26.0 Å². The van der Waals surface area contributed by atoms with Gasteiger partial charge in [0, 0.05) is 32.8 Å². The summed E-state index contributed by atoms with van der Waals surface area (Å²) in [4.78, 5) is 0. The SMILES string of the molecule is CC1CNCCN(CC2CCCO2)S1(=O)=O. The monoisotopic (exact) mass is 248 g/mol. The van der Waals surface area contributed by atoms with Crippen LogP contribution in [0, 0.1) is 0 Å². The van der Waals surface area contributed by atoms with E-state index in [1.165, 1.54) is 0 Å². The third kappa shape index (κ3) is 2.56. The Balaban J connectivity index is 2.04. The average molecular weight is 248 g/mol. The summed E-state index contributed by atoms with van der Waals surface area (Å²) < 4.78 is 31.4. The maximum Gasteiger partial charge on any atom is 0.218 e. The zero-order chi connectivity index (χ0) is 11.6. The van der Waals surface area contributed by atoms with E-state index in [0.29, 0.717) is 19.6 Å². The number of ether oxygens (including phenoxy) is 1. The molecule has 0 radical (unpaired) electrons. The Bertz CT molecular complexity index is 325. The maximum atomic E-state index is 12.2. The highest BCUT2D eigenvalue weighted by molar-refractivity contribution is 7.89. The van der Waals surface area contributed by atoms with Gasteiger partial charge in [0.05, 0.1) is 11.4 Å². The van der Waals surface area contributed by atoms with Gasteiger partial charge in [0.1, 0.15) is 0 Å². The Labute approximate surface area is 97.2 Å². The zero-order valence-electron chi connectivity index (χ0n) is 9.68. The van der Waals surface area contributed by atoms with Crippen LogP contribution in [0.25, 0.3) is 0 Å². The lowest BCUT2D eigenvalue weighted by atomic mass is 10.2. The topological polar surface area (TPSA) is 58.6 Å². The predicted octanol–water partition coefficient (Wildman–Crippen LogP) is -0.211. The first-order valence-corrected chi connectivity index (χ1v) is 7.42. The van der Waals surface area contributed by atoms with Gasteiger partial charge in [-0.05, 0) is 19.8 Å². The van der Waals surface area contributed by atoms with E-state index < -0.39 is 10.0 Å².